The van der Waals surface area contributed by atoms with Crippen LogP contribution < -0.4 is 0 Å². The summed E-state index contributed by atoms with van der Waals surface area (Å²) < 4.78 is 10.6. The number of aryl methyl sites for hydroxylation is 1. The largest absolute Gasteiger partial charge is 0.508 e. The second-order valence-corrected chi connectivity index (χ2v) is 8.03. The van der Waals surface area contributed by atoms with Gasteiger partial charge >= 0.3 is 0 Å². The minimum atomic E-state index is 0.0466. The van der Waals surface area contributed by atoms with E-state index in [1.165, 1.54) is 27.8 Å². The quantitative estimate of drug-likeness (QED) is 0.427. The van der Waals surface area contributed by atoms with Crippen molar-refractivity contribution in [3.63, 3.8) is 0 Å². The molecule has 1 N–H and O–H groups in total. The lowest BCUT2D eigenvalue weighted by molar-refractivity contribution is -0.0390. The molecule has 0 aliphatic heterocycles. The summed E-state index contributed by atoms with van der Waals surface area (Å²) in [5, 5.41) is 9.69. The van der Waals surface area contributed by atoms with Crippen LogP contribution in [0.2, 0.25) is 0 Å². The lowest BCUT2D eigenvalue weighted by atomic mass is 9.72. The van der Waals surface area contributed by atoms with E-state index >= 15 is 0 Å². The van der Waals surface area contributed by atoms with Crippen molar-refractivity contribution < 1.29 is 14.6 Å². The Labute approximate surface area is 172 Å². The van der Waals surface area contributed by atoms with Crippen molar-refractivity contribution in [3.05, 3.63) is 101 Å². The second kappa shape index (κ2) is 8.81. The Bertz CT molecular complexity index is 934. The maximum Gasteiger partial charge on any atom is 0.146 e. The van der Waals surface area contributed by atoms with E-state index in [0.29, 0.717) is 19.1 Å². The molecule has 1 aliphatic carbocycles. The van der Waals surface area contributed by atoms with E-state index in [1.807, 2.05) is 12.1 Å². The van der Waals surface area contributed by atoms with E-state index in [0.717, 1.165) is 25.7 Å². The Balaban J connectivity index is 1.69. The van der Waals surface area contributed by atoms with Crippen molar-refractivity contribution in [2.24, 2.45) is 0 Å². The Hall–Kier alpha value is -2.62. The number of ether oxygens (including phenoxy) is 2. The molecule has 150 valence electrons. The van der Waals surface area contributed by atoms with E-state index < -0.39 is 0 Å². The molecule has 29 heavy (non-hydrogen) atoms. The summed E-state index contributed by atoms with van der Waals surface area (Å²) in [6.45, 7) is 0.863. The summed E-state index contributed by atoms with van der Waals surface area (Å²) in [6, 6.07) is 25.2. The van der Waals surface area contributed by atoms with Gasteiger partial charge in [0, 0.05) is 12.5 Å². The maximum absolute atomic E-state index is 9.69. The third kappa shape index (κ3) is 4.52. The summed E-state index contributed by atoms with van der Waals surface area (Å²) in [5.41, 5.74) is 6.73. The Morgan fingerprint density at radius 1 is 0.862 bits per heavy atom. The first-order valence-electron chi connectivity index (χ1n) is 10.2. The number of aromatic hydroxyl groups is 1. The molecule has 3 heteroatoms. The molecule has 1 aliphatic rings. The zero-order chi connectivity index (χ0) is 20.1. The van der Waals surface area contributed by atoms with Gasteiger partial charge in [-0.25, -0.2) is 0 Å². The van der Waals surface area contributed by atoms with Crippen LogP contribution in [0.15, 0.2) is 72.8 Å². The van der Waals surface area contributed by atoms with Gasteiger partial charge in [0.1, 0.15) is 12.5 Å². The summed E-state index contributed by atoms with van der Waals surface area (Å²) >= 11 is 0. The van der Waals surface area contributed by atoms with Gasteiger partial charge in [0.15, 0.2) is 0 Å². The summed E-state index contributed by atoms with van der Waals surface area (Å²) in [6.07, 6.45) is 4.18. The first-order chi connectivity index (χ1) is 14.2. The van der Waals surface area contributed by atoms with Crippen LogP contribution in [0.3, 0.4) is 0 Å². The van der Waals surface area contributed by atoms with Gasteiger partial charge in [-0.05, 0) is 65.6 Å². The number of hydrogen-bond donors (Lipinski definition) is 1. The number of phenolic OH excluding ortho intramolecular Hbond substituents is 1. The average molecular weight is 389 g/mol. The SMILES string of the molecule is COCOCc1ccc2c(c1)C(Cc1ccccc1)(Cc1ccc(O)cc1)CC2. The van der Waals surface area contributed by atoms with Crippen molar-refractivity contribution in [2.75, 3.05) is 13.9 Å². The van der Waals surface area contributed by atoms with E-state index in [4.69, 9.17) is 9.47 Å². The molecule has 1 unspecified atom stereocenters. The van der Waals surface area contributed by atoms with Gasteiger partial charge < -0.3 is 14.6 Å². The molecule has 0 spiro atoms. The lowest BCUT2D eigenvalue weighted by Crippen LogP contribution is -2.29. The molecule has 0 saturated heterocycles. The molecule has 0 amide bonds. The van der Waals surface area contributed by atoms with E-state index in [2.05, 4.69) is 48.5 Å². The van der Waals surface area contributed by atoms with Crippen LogP contribution >= 0.6 is 0 Å². The standard InChI is InChI=1S/C26H28O3/c1-28-19-29-18-22-7-10-23-13-14-26(25(23)15-22,16-20-5-3-2-4-6-20)17-21-8-11-24(27)12-9-21/h2-12,15,27H,13-14,16-19H2,1H3. The fraction of sp³-hybridized carbons (Fsp3) is 0.308. The van der Waals surface area contributed by atoms with E-state index in [1.54, 1.807) is 19.2 Å². The number of fused-ring (bicyclic) bond motifs is 1. The molecule has 3 nitrogen and oxygen atoms in total. The second-order valence-electron chi connectivity index (χ2n) is 8.03. The number of benzene rings is 3. The predicted molar refractivity (Wildman–Crippen MR) is 115 cm³/mol. The highest BCUT2D eigenvalue weighted by Crippen LogP contribution is 2.44. The van der Waals surface area contributed by atoms with Crippen molar-refractivity contribution in [2.45, 2.75) is 37.7 Å². The average Bonchev–Trinajstić information content (AvgIpc) is 3.08. The van der Waals surface area contributed by atoms with E-state index in [-0.39, 0.29) is 5.41 Å². The fourth-order valence-corrected chi connectivity index (χ4v) is 4.60. The molecule has 3 aromatic carbocycles. The van der Waals surface area contributed by atoms with Crippen molar-refractivity contribution in [1.29, 1.82) is 0 Å². The van der Waals surface area contributed by atoms with Crippen LogP contribution in [0.4, 0.5) is 0 Å². The smallest absolute Gasteiger partial charge is 0.146 e. The summed E-state index contributed by atoms with van der Waals surface area (Å²) in [7, 11) is 1.64. The van der Waals surface area contributed by atoms with Gasteiger partial charge in [-0.3, -0.25) is 0 Å². The molecule has 0 fully saturated rings. The van der Waals surface area contributed by atoms with Gasteiger partial charge in [-0.2, -0.15) is 0 Å². The topological polar surface area (TPSA) is 38.7 Å². The van der Waals surface area contributed by atoms with Gasteiger partial charge in [0.2, 0.25) is 0 Å². The normalized spacial score (nSPS) is 18.0. The number of rotatable bonds is 8. The van der Waals surface area contributed by atoms with Gasteiger partial charge in [-0.15, -0.1) is 0 Å². The summed E-state index contributed by atoms with van der Waals surface area (Å²) in [5.74, 6) is 0.315. The number of hydrogen-bond acceptors (Lipinski definition) is 3. The summed E-state index contributed by atoms with van der Waals surface area (Å²) in [4.78, 5) is 0. The van der Waals surface area contributed by atoms with E-state index in [9.17, 15) is 5.11 Å². The Morgan fingerprint density at radius 2 is 1.55 bits per heavy atom. The van der Waals surface area contributed by atoms with Gasteiger partial charge in [0.05, 0.1) is 6.61 Å². The Morgan fingerprint density at radius 3 is 2.28 bits per heavy atom. The highest BCUT2D eigenvalue weighted by atomic mass is 16.7. The fourth-order valence-electron chi connectivity index (χ4n) is 4.60. The van der Waals surface area contributed by atoms with Gasteiger partial charge in [0.25, 0.3) is 0 Å². The molecule has 0 aromatic heterocycles. The first kappa shape index (κ1) is 19.7. The zero-order valence-corrected chi connectivity index (χ0v) is 16.9. The third-order valence-electron chi connectivity index (χ3n) is 5.95. The molecule has 1 atom stereocenters. The molecule has 0 bridgehead atoms. The minimum absolute atomic E-state index is 0.0466. The minimum Gasteiger partial charge on any atom is -0.508 e. The third-order valence-corrected chi connectivity index (χ3v) is 5.95. The zero-order valence-electron chi connectivity index (χ0n) is 16.9. The molecule has 0 radical (unpaired) electrons. The van der Waals surface area contributed by atoms with Crippen LogP contribution in [0.1, 0.15) is 34.2 Å². The van der Waals surface area contributed by atoms with Crippen LogP contribution in [-0.2, 0) is 40.8 Å². The van der Waals surface area contributed by atoms with Crippen LogP contribution in [0.25, 0.3) is 0 Å². The number of methoxy groups -OCH3 is 1. The van der Waals surface area contributed by atoms with Gasteiger partial charge in [-0.1, -0.05) is 60.7 Å². The van der Waals surface area contributed by atoms with Crippen LogP contribution in [0, 0.1) is 0 Å². The lowest BCUT2D eigenvalue weighted by Gasteiger charge is -2.32. The highest BCUT2D eigenvalue weighted by Gasteiger charge is 2.39. The molecular weight excluding hydrogens is 360 g/mol. The Kier molecular flexibility index (Phi) is 5.98. The van der Waals surface area contributed by atoms with Crippen molar-refractivity contribution in [3.8, 4) is 5.75 Å². The van der Waals surface area contributed by atoms with Crippen molar-refractivity contribution in [1.82, 2.24) is 0 Å². The molecule has 3 aromatic rings. The number of phenols is 1. The van der Waals surface area contributed by atoms with Crippen LogP contribution in [0.5, 0.6) is 5.75 Å². The molecule has 0 heterocycles. The highest BCUT2D eigenvalue weighted by molar-refractivity contribution is 5.45. The van der Waals surface area contributed by atoms with Crippen LogP contribution in [-0.4, -0.2) is 19.0 Å². The maximum atomic E-state index is 9.69. The monoisotopic (exact) mass is 388 g/mol. The predicted octanol–water partition coefficient (Wildman–Crippen LogP) is 5.18. The first-order valence-corrected chi connectivity index (χ1v) is 10.2. The molecule has 0 saturated carbocycles. The molecular formula is C26H28O3. The van der Waals surface area contributed by atoms with Crippen molar-refractivity contribution >= 4 is 0 Å². The molecule has 4 rings (SSSR count).